The van der Waals surface area contributed by atoms with Crippen LogP contribution in [0.15, 0.2) is 12.2 Å². The maximum Gasteiger partial charge on any atom is 2.00 e. The molecule has 1 radical (unpaired) electrons. The van der Waals surface area contributed by atoms with Crippen molar-refractivity contribution in [1.82, 2.24) is 0 Å². The molecule has 0 bridgehead atoms. The zero-order valence-electron chi connectivity index (χ0n) is 3.92. The Hall–Kier alpha value is -0.427. The first kappa shape index (κ1) is 10.5. The number of rotatable bonds is 2. The van der Waals surface area contributed by atoms with E-state index in [2.05, 4.69) is 0 Å². The van der Waals surface area contributed by atoms with Crippen molar-refractivity contribution in [3.63, 3.8) is 0 Å². The van der Waals surface area contributed by atoms with Gasteiger partial charge in [0.2, 0.25) is 5.97 Å². The van der Waals surface area contributed by atoms with Crippen LogP contribution in [0.2, 0.25) is 0 Å². The third-order valence-electron chi connectivity index (χ3n) is 0.303. The minimum atomic E-state index is -1.11. The zero-order valence-corrected chi connectivity index (χ0v) is 5.56. The van der Waals surface area contributed by atoms with Crippen molar-refractivity contribution >= 4 is 5.97 Å². The number of allylic oxidation sites excluding steroid dienone is 2. The summed E-state index contributed by atoms with van der Waals surface area (Å²) >= 11 is 0. The van der Waals surface area contributed by atoms with Crippen LogP contribution in [0.5, 0.6) is 0 Å². The third kappa shape index (κ3) is 9.13. The molecule has 8 heavy (non-hydrogen) atoms. The molecule has 0 aliphatic rings. The molecule has 0 amide bonds. The SMILES string of the molecule is [CH-]=CC=[C-]C(=O)O.[Rh+2]. The molecule has 0 aliphatic carbocycles. The molecule has 0 saturated carbocycles. The second-order valence-electron chi connectivity index (χ2n) is 0.809. The molecule has 3 heteroatoms. The fourth-order valence-electron chi connectivity index (χ4n) is 0.119. The minimum Gasteiger partial charge on any atom is -0.493 e. The fourth-order valence-corrected chi connectivity index (χ4v) is 0.119. The molecule has 0 atom stereocenters. The summed E-state index contributed by atoms with van der Waals surface area (Å²) in [5.74, 6) is -1.11. The Labute approximate surface area is 60.7 Å². The number of carboxylic acid groups (broad SMARTS) is 1. The number of hydrogen-bond acceptors (Lipinski definition) is 1. The van der Waals surface area contributed by atoms with E-state index in [1.807, 2.05) is 6.08 Å². The maximum absolute atomic E-state index is 9.54. The van der Waals surface area contributed by atoms with E-state index in [4.69, 9.17) is 11.7 Å². The van der Waals surface area contributed by atoms with Crippen molar-refractivity contribution in [2.45, 2.75) is 0 Å². The predicted molar refractivity (Wildman–Crippen MR) is 24.3 cm³/mol. The van der Waals surface area contributed by atoms with E-state index in [0.29, 0.717) is 0 Å². The van der Waals surface area contributed by atoms with Gasteiger partial charge in [-0.05, 0) is 0 Å². The van der Waals surface area contributed by atoms with Crippen LogP contribution >= 0.6 is 0 Å². The van der Waals surface area contributed by atoms with E-state index in [-0.39, 0.29) is 19.5 Å². The molecule has 0 aliphatic heterocycles. The summed E-state index contributed by atoms with van der Waals surface area (Å²) in [4.78, 5) is 9.54. The molecule has 2 nitrogen and oxygen atoms in total. The molecule has 0 heterocycles. The van der Waals surface area contributed by atoms with Gasteiger partial charge in [0, 0.05) is 0 Å². The van der Waals surface area contributed by atoms with Gasteiger partial charge in [0.15, 0.2) is 0 Å². The van der Waals surface area contributed by atoms with Gasteiger partial charge in [-0.15, -0.1) is 0 Å². The normalized spacial score (nSPS) is 8.00. The molecule has 0 spiro atoms. The van der Waals surface area contributed by atoms with Crippen LogP contribution in [0.3, 0.4) is 0 Å². The van der Waals surface area contributed by atoms with E-state index >= 15 is 0 Å². The van der Waals surface area contributed by atoms with Gasteiger partial charge < -0.3 is 23.8 Å². The molecule has 45 valence electrons. The number of carboxylic acids is 1. The predicted octanol–water partition coefficient (Wildman–Crippen LogP) is 0.417. The monoisotopic (exact) mass is 199 g/mol. The first-order valence-electron chi connectivity index (χ1n) is 1.63. The topological polar surface area (TPSA) is 37.3 Å². The van der Waals surface area contributed by atoms with Gasteiger partial charge in [-0.2, -0.15) is 0 Å². The Balaban J connectivity index is 0. The minimum absolute atomic E-state index is 0. The Morgan fingerprint density at radius 2 is 2.25 bits per heavy atom. The Morgan fingerprint density at radius 1 is 1.75 bits per heavy atom. The van der Waals surface area contributed by atoms with Crippen LogP contribution in [0.25, 0.3) is 0 Å². The molecule has 0 saturated heterocycles. The molecule has 0 fully saturated rings. The molecule has 0 aromatic carbocycles. The fraction of sp³-hybridized carbons (Fsp3) is 0. The first-order chi connectivity index (χ1) is 3.27. The molecule has 1 N–H and O–H groups in total. The van der Waals surface area contributed by atoms with Crippen LogP contribution in [0.1, 0.15) is 0 Å². The van der Waals surface area contributed by atoms with Crippen molar-refractivity contribution < 1.29 is 29.4 Å². The molecular weight excluding hydrogens is 195 g/mol. The average Bonchev–Trinajstić information content (AvgIpc) is 1.61. The van der Waals surface area contributed by atoms with Crippen molar-refractivity contribution in [1.29, 1.82) is 0 Å². The molecule has 0 aromatic rings. The smallest absolute Gasteiger partial charge is 0.493 e. The molecular formula is C5H4O2Rh. The van der Waals surface area contributed by atoms with Crippen molar-refractivity contribution in [2.24, 2.45) is 0 Å². The Kier molecular flexibility index (Phi) is 8.66. The summed E-state index contributed by atoms with van der Waals surface area (Å²) in [5.41, 5.74) is 0. The Morgan fingerprint density at radius 3 is 2.38 bits per heavy atom. The third-order valence-corrected chi connectivity index (χ3v) is 0.303. The van der Waals surface area contributed by atoms with Gasteiger partial charge in [0.25, 0.3) is 0 Å². The van der Waals surface area contributed by atoms with E-state index in [9.17, 15) is 4.79 Å². The van der Waals surface area contributed by atoms with Crippen LogP contribution in [-0.4, -0.2) is 11.1 Å². The van der Waals surface area contributed by atoms with Gasteiger partial charge >= 0.3 is 19.5 Å². The number of hydrogen-bond donors (Lipinski definition) is 1. The summed E-state index contributed by atoms with van der Waals surface area (Å²) in [5, 5.41) is 7.83. The van der Waals surface area contributed by atoms with Crippen LogP contribution in [0, 0.1) is 12.7 Å². The number of aliphatic carboxylic acids is 1. The quantitative estimate of drug-likeness (QED) is 0.303. The van der Waals surface area contributed by atoms with Crippen molar-refractivity contribution in [3.05, 3.63) is 24.8 Å². The van der Waals surface area contributed by atoms with Crippen LogP contribution in [-0.2, 0) is 24.3 Å². The average molecular weight is 199 g/mol. The summed E-state index contributed by atoms with van der Waals surface area (Å²) in [7, 11) is 0. The van der Waals surface area contributed by atoms with Crippen molar-refractivity contribution in [2.75, 3.05) is 0 Å². The van der Waals surface area contributed by atoms with Crippen molar-refractivity contribution in [3.8, 4) is 0 Å². The van der Waals surface area contributed by atoms with Gasteiger partial charge in [-0.1, -0.05) is 0 Å². The van der Waals surface area contributed by atoms with E-state index < -0.39 is 5.97 Å². The second-order valence-corrected chi connectivity index (χ2v) is 0.809. The van der Waals surface area contributed by atoms with E-state index in [1.165, 1.54) is 0 Å². The standard InChI is InChI=1S/C5H4O2.Rh/c1-2-3-4-5(6)7;/h1-3H,(H,6,7);/q-2;+2. The summed E-state index contributed by atoms with van der Waals surface area (Å²) in [6, 6.07) is 0. The Bertz CT molecular complexity index is 107. The molecule has 0 unspecified atom stereocenters. The van der Waals surface area contributed by atoms with Crippen LogP contribution < -0.4 is 0 Å². The summed E-state index contributed by atoms with van der Waals surface area (Å²) in [6.07, 6.45) is 4.14. The second kappa shape index (κ2) is 6.57. The van der Waals surface area contributed by atoms with E-state index in [1.54, 1.807) is 0 Å². The van der Waals surface area contributed by atoms with Gasteiger partial charge in [-0.3, -0.25) is 10.9 Å². The van der Waals surface area contributed by atoms with Gasteiger partial charge in [-0.25, -0.2) is 0 Å². The molecule has 0 aromatic heterocycles. The van der Waals surface area contributed by atoms with Crippen LogP contribution in [0.4, 0.5) is 0 Å². The summed E-state index contributed by atoms with van der Waals surface area (Å²) < 4.78 is 0. The van der Waals surface area contributed by atoms with Gasteiger partial charge in [0.05, 0.1) is 0 Å². The molecule has 0 rings (SSSR count). The van der Waals surface area contributed by atoms with Gasteiger partial charge in [0.1, 0.15) is 0 Å². The maximum atomic E-state index is 9.54. The number of carbonyl (C=O) groups is 1. The van der Waals surface area contributed by atoms with E-state index in [0.717, 1.165) is 12.2 Å². The first-order valence-corrected chi connectivity index (χ1v) is 1.63. The largest absolute Gasteiger partial charge is 2.00 e. The zero-order chi connectivity index (χ0) is 5.70. The summed E-state index contributed by atoms with van der Waals surface area (Å²) in [6.45, 7) is 4.77.